The summed E-state index contributed by atoms with van der Waals surface area (Å²) in [6.07, 6.45) is 1.83. The van der Waals surface area contributed by atoms with E-state index in [1.807, 2.05) is 38.1 Å². The Labute approximate surface area is 198 Å². The summed E-state index contributed by atoms with van der Waals surface area (Å²) in [7, 11) is 1.78. The maximum atomic E-state index is 13.5. The van der Waals surface area contributed by atoms with Crippen molar-refractivity contribution in [2.75, 3.05) is 24.5 Å². The smallest absolute Gasteiger partial charge is 0.266 e. The van der Waals surface area contributed by atoms with Gasteiger partial charge in [0.05, 0.1) is 33.9 Å². The highest BCUT2D eigenvalue weighted by Crippen LogP contribution is 2.37. The molecule has 2 aliphatic rings. The molecule has 3 heterocycles. The summed E-state index contributed by atoms with van der Waals surface area (Å²) in [6.45, 7) is 10.1. The van der Waals surface area contributed by atoms with E-state index in [1.54, 1.807) is 22.6 Å². The minimum absolute atomic E-state index is 0.0404. The molecule has 0 N–H and O–H groups in total. The molecule has 2 unspecified atom stereocenters. The molecule has 8 heteroatoms. The summed E-state index contributed by atoms with van der Waals surface area (Å²) in [6, 6.07) is 7.91. The lowest BCUT2D eigenvalue weighted by Crippen LogP contribution is -2.46. The lowest BCUT2D eigenvalue weighted by atomic mass is 10.0. The number of hydrogen-bond donors (Lipinski definition) is 0. The number of carbonyl (C=O) groups is 1. The zero-order valence-electron chi connectivity index (χ0n) is 19.1. The van der Waals surface area contributed by atoms with Crippen LogP contribution in [0.1, 0.15) is 33.3 Å². The molecule has 1 amide bonds. The van der Waals surface area contributed by atoms with Crippen molar-refractivity contribution in [3.05, 3.63) is 45.1 Å². The quantitative estimate of drug-likeness (QED) is 0.496. The van der Waals surface area contributed by atoms with Crippen molar-refractivity contribution in [3.8, 4) is 0 Å². The molecule has 2 aromatic rings. The molecular formula is C24H29N3O3S2. The van der Waals surface area contributed by atoms with Crippen molar-refractivity contribution < 1.29 is 9.53 Å². The molecule has 4 rings (SSSR count). The number of hydrogen-bond acceptors (Lipinski definition) is 6. The Kier molecular flexibility index (Phi) is 6.47. The van der Waals surface area contributed by atoms with E-state index in [1.165, 1.54) is 11.8 Å². The first-order valence-electron chi connectivity index (χ1n) is 10.9. The van der Waals surface area contributed by atoms with E-state index in [2.05, 4.69) is 18.7 Å². The van der Waals surface area contributed by atoms with Crippen LogP contribution in [-0.4, -0.2) is 51.5 Å². The van der Waals surface area contributed by atoms with Crippen molar-refractivity contribution in [2.45, 2.75) is 39.9 Å². The number of carbonyl (C=O) groups excluding carboxylic acids is 1. The molecule has 2 saturated heterocycles. The molecule has 1 aromatic carbocycles. The molecule has 0 radical (unpaired) electrons. The maximum absolute atomic E-state index is 13.5. The van der Waals surface area contributed by atoms with Crippen LogP contribution in [0.5, 0.6) is 0 Å². The number of thioether (sulfide) groups is 1. The van der Waals surface area contributed by atoms with Gasteiger partial charge in [-0.15, -0.1) is 0 Å². The Bertz CT molecular complexity index is 1160. The number of thiocarbonyl (C=S) groups is 1. The maximum Gasteiger partial charge on any atom is 0.266 e. The molecule has 2 fully saturated rings. The molecule has 1 aromatic heterocycles. The van der Waals surface area contributed by atoms with Gasteiger partial charge in [0.2, 0.25) is 0 Å². The summed E-state index contributed by atoms with van der Waals surface area (Å²) in [5, 5.41) is 0.986. The Morgan fingerprint density at radius 3 is 2.50 bits per heavy atom. The Hall–Kier alpha value is -2.16. The number of morpholine rings is 1. The van der Waals surface area contributed by atoms with Crippen LogP contribution < -0.4 is 10.5 Å². The highest BCUT2D eigenvalue weighted by Gasteiger charge is 2.34. The number of anilines is 1. The number of pyridine rings is 1. The SMILES string of the molecule is CC(C)CN1C(=O)C(=Cc2c(N3CC(C)OC(C)C3)c3ccccc3n(C)c2=O)SC1=S. The van der Waals surface area contributed by atoms with Gasteiger partial charge in [-0.2, -0.15) is 0 Å². The first kappa shape index (κ1) is 23.0. The second-order valence-electron chi connectivity index (χ2n) is 8.99. The Morgan fingerprint density at radius 1 is 1.19 bits per heavy atom. The molecule has 2 atom stereocenters. The lowest BCUT2D eigenvalue weighted by molar-refractivity contribution is -0.122. The van der Waals surface area contributed by atoms with Crippen LogP contribution in [0.25, 0.3) is 17.0 Å². The van der Waals surface area contributed by atoms with E-state index in [9.17, 15) is 9.59 Å². The second kappa shape index (κ2) is 9.00. The summed E-state index contributed by atoms with van der Waals surface area (Å²) in [5.41, 5.74) is 2.13. The number of aryl methyl sites for hydroxylation is 1. The first-order valence-corrected chi connectivity index (χ1v) is 12.2. The standard InChI is InChI=1S/C24H29N3O3S2/c1-14(2)11-27-23(29)20(32-24(27)31)10-18-21(26-12-15(3)30-16(4)13-26)17-8-6-7-9-19(17)25(5)22(18)28/h6-10,14-16H,11-13H2,1-5H3. The van der Waals surface area contributed by atoms with Gasteiger partial charge in [0, 0.05) is 32.1 Å². The number of fused-ring (bicyclic) bond motifs is 1. The van der Waals surface area contributed by atoms with Gasteiger partial charge >= 0.3 is 0 Å². The van der Waals surface area contributed by atoms with E-state index < -0.39 is 0 Å². The third-order valence-electron chi connectivity index (χ3n) is 5.74. The van der Waals surface area contributed by atoms with E-state index in [4.69, 9.17) is 17.0 Å². The monoisotopic (exact) mass is 471 g/mol. The van der Waals surface area contributed by atoms with Gasteiger partial charge in [-0.1, -0.05) is 56.0 Å². The molecule has 32 heavy (non-hydrogen) atoms. The highest BCUT2D eigenvalue weighted by atomic mass is 32.2. The van der Waals surface area contributed by atoms with Gasteiger partial charge in [0.15, 0.2) is 0 Å². The third-order valence-corrected chi connectivity index (χ3v) is 7.12. The zero-order valence-corrected chi connectivity index (χ0v) is 20.8. The average molecular weight is 472 g/mol. The molecule has 6 nitrogen and oxygen atoms in total. The van der Waals surface area contributed by atoms with E-state index in [0.717, 1.165) is 16.6 Å². The van der Waals surface area contributed by atoms with Gasteiger partial charge in [-0.3, -0.25) is 14.5 Å². The van der Waals surface area contributed by atoms with Gasteiger partial charge in [-0.25, -0.2) is 0 Å². The van der Waals surface area contributed by atoms with Crippen LogP contribution >= 0.6 is 24.0 Å². The third kappa shape index (κ3) is 4.23. The fourth-order valence-corrected chi connectivity index (χ4v) is 5.74. The van der Waals surface area contributed by atoms with Gasteiger partial charge in [0.25, 0.3) is 11.5 Å². The minimum atomic E-state index is -0.126. The molecule has 0 bridgehead atoms. The van der Waals surface area contributed by atoms with Crippen LogP contribution in [0, 0.1) is 5.92 Å². The average Bonchev–Trinajstić information content (AvgIpc) is 2.98. The highest BCUT2D eigenvalue weighted by molar-refractivity contribution is 8.26. The predicted octanol–water partition coefficient (Wildman–Crippen LogP) is 4.01. The Balaban J connectivity index is 1.91. The fraction of sp³-hybridized carbons (Fsp3) is 0.458. The van der Waals surface area contributed by atoms with Crippen LogP contribution in [0.2, 0.25) is 0 Å². The molecule has 0 saturated carbocycles. The largest absolute Gasteiger partial charge is 0.372 e. The summed E-state index contributed by atoms with van der Waals surface area (Å²) >= 11 is 6.74. The fourth-order valence-electron chi connectivity index (χ4n) is 4.49. The van der Waals surface area contributed by atoms with Crippen LogP contribution in [-0.2, 0) is 16.6 Å². The van der Waals surface area contributed by atoms with Crippen molar-refractivity contribution >= 4 is 56.9 Å². The summed E-state index contributed by atoms with van der Waals surface area (Å²) in [4.78, 5) is 31.0. The van der Waals surface area contributed by atoms with E-state index in [0.29, 0.717) is 40.3 Å². The number of aromatic nitrogens is 1. The molecular weight excluding hydrogens is 442 g/mol. The normalized spacial score (nSPS) is 23.2. The number of ether oxygens (including phenoxy) is 1. The molecule has 0 aliphatic carbocycles. The van der Waals surface area contributed by atoms with Gasteiger partial charge < -0.3 is 14.2 Å². The predicted molar refractivity (Wildman–Crippen MR) is 136 cm³/mol. The first-order chi connectivity index (χ1) is 15.2. The summed E-state index contributed by atoms with van der Waals surface area (Å²) in [5.74, 6) is 0.177. The van der Waals surface area contributed by atoms with E-state index in [-0.39, 0.29) is 23.7 Å². The van der Waals surface area contributed by atoms with Crippen LogP contribution in [0.15, 0.2) is 34.0 Å². The second-order valence-corrected chi connectivity index (χ2v) is 10.7. The van der Waals surface area contributed by atoms with Gasteiger partial charge in [-0.05, 0) is 31.9 Å². The number of rotatable bonds is 4. The Morgan fingerprint density at radius 2 is 1.84 bits per heavy atom. The van der Waals surface area contributed by atoms with Crippen molar-refractivity contribution in [3.63, 3.8) is 0 Å². The number of nitrogens with zero attached hydrogens (tertiary/aromatic N) is 3. The lowest BCUT2D eigenvalue weighted by Gasteiger charge is -2.38. The van der Waals surface area contributed by atoms with E-state index >= 15 is 0 Å². The van der Waals surface area contributed by atoms with Crippen molar-refractivity contribution in [1.82, 2.24) is 9.47 Å². The molecule has 2 aliphatic heterocycles. The minimum Gasteiger partial charge on any atom is -0.372 e. The number of para-hydroxylation sites is 1. The molecule has 0 spiro atoms. The van der Waals surface area contributed by atoms with Crippen LogP contribution in [0.4, 0.5) is 5.69 Å². The number of amides is 1. The zero-order chi connectivity index (χ0) is 23.2. The summed E-state index contributed by atoms with van der Waals surface area (Å²) < 4.78 is 8.14. The van der Waals surface area contributed by atoms with Gasteiger partial charge in [0.1, 0.15) is 4.32 Å². The number of benzene rings is 1. The van der Waals surface area contributed by atoms with Crippen LogP contribution in [0.3, 0.4) is 0 Å². The topological polar surface area (TPSA) is 54.8 Å². The van der Waals surface area contributed by atoms with Crippen molar-refractivity contribution in [1.29, 1.82) is 0 Å². The van der Waals surface area contributed by atoms with Crippen molar-refractivity contribution in [2.24, 2.45) is 13.0 Å². The molecule has 170 valence electrons.